The molecule has 0 spiro atoms. The second-order valence-electron chi connectivity index (χ2n) is 5.33. The highest BCUT2D eigenvalue weighted by molar-refractivity contribution is 7.89. The Morgan fingerprint density at radius 2 is 2.00 bits per heavy atom. The minimum atomic E-state index is -4.17. The fraction of sp³-hybridized carbons (Fsp3) is 0.188. The minimum Gasteiger partial charge on any atom is -0.391 e. The van der Waals surface area contributed by atoms with Gasteiger partial charge < -0.3 is 5.11 Å². The molecule has 0 aliphatic heterocycles. The van der Waals surface area contributed by atoms with Crippen molar-refractivity contribution in [2.75, 3.05) is 0 Å². The summed E-state index contributed by atoms with van der Waals surface area (Å²) in [6.45, 7) is 0. The molecule has 1 aliphatic rings. The summed E-state index contributed by atoms with van der Waals surface area (Å²) < 4.78 is 41.2. The van der Waals surface area contributed by atoms with E-state index in [-0.39, 0.29) is 5.56 Å². The monoisotopic (exact) mass is 332 g/mol. The van der Waals surface area contributed by atoms with Crippen LogP contribution in [0.15, 0.2) is 47.4 Å². The molecule has 0 bridgehead atoms. The second-order valence-corrected chi connectivity index (χ2v) is 7.01. The third kappa shape index (κ3) is 2.84. The van der Waals surface area contributed by atoms with Crippen molar-refractivity contribution in [3.63, 3.8) is 0 Å². The lowest BCUT2D eigenvalue weighted by molar-refractivity contribution is 0.151. The van der Waals surface area contributed by atoms with Crippen molar-refractivity contribution >= 4 is 10.0 Å². The number of halogens is 1. The molecule has 2 N–H and O–H groups in total. The minimum absolute atomic E-state index is 0.0349. The average molecular weight is 332 g/mol. The molecule has 0 saturated heterocycles. The Hall–Kier alpha value is -2.27. The van der Waals surface area contributed by atoms with E-state index in [0.717, 1.165) is 17.7 Å². The molecule has 2 atom stereocenters. The Kier molecular flexibility index (Phi) is 3.90. The third-order valence-electron chi connectivity index (χ3n) is 3.84. The highest BCUT2D eigenvalue weighted by Gasteiger charge is 2.35. The van der Waals surface area contributed by atoms with E-state index in [1.807, 2.05) is 12.1 Å². The van der Waals surface area contributed by atoms with Gasteiger partial charge in [0.25, 0.3) is 0 Å². The van der Waals surface area contributed by atoms with E-state index in [2.05, 4.69) is 4.72 Å². The lowest BCUT2D eigenvalue weighted by Crippen LogP contribution is -2.34. The molecule has 7 heteroatoms. The molecule has 118 valence electrons. The Labute approximate surface area is 133 Å². The fourth-order valence-electron chi connectivity index (χ4n) is 2.73. The van der Waals surface area contributed by atoms with Crippen LogP contribution in [0.5, 0.6) is 0 Å². The number of aliphatic hydroxyl groups is 1. The number of aliphatic hydroxyl groups excluding tert-OH is 1. The summed E-state index contributed by atoms with van der Waals surface area (Å²) in [5, 5.41) is 18.8. The summed E-state index contributed by atoms with van der Waals surface area (Å²) in [6, 6.07) is 11.2. The molecular formula is C16H13FN2O3S. The first-order valence-electron chi connectivity index (χ1n) is 6.90. The van der Waals surface area contributed by atoms with Gasteiger partial charge in [-0.3, -0.25) is 0 Å². The van der Waals surface area contributed by atoms with E-state index in [4.69, 9.17) is 5.26 Å². The van der Waals surface area contributed by atoms with Crippen molar-refractivity contribution in [1.82, 2.24) is 4.72 Å². The predicted octanol–water partition coefficient (Wildman–Crippen LogP) is 1.63. The number of hydrogen-bond acceptors (Lipinski definition) is 4. The summed E-state index contributed by atoms with van der Waals surface area (Å²) in [5.41, 5.74) is 1.57. The van der Waals surface area contributed by atoms with Crippen molar-refractivity contribution in [2.24, 2.45) is 0 Å². The van der Waals surface area contributed by atoms with Gasteiger partial charge in [-0.1, -0.05) is 24.3 Å². The maximum atomic E-state index is 14.0. The van der Waals surface area contributed by atoms with Crippen LogP contribution in [0, 0.1) is 17.1 Å². The lowest BCUT2D eigenvalue weighted by Gasteiger charge is -2.18. The Morgan fingerprint density at radius 1 is 1.26 bits per heavy atom. The first kappa shape index (κ1) is 15.6. The zero-order valence-electron chi connectivity index (χ0n) is 11.9. The van der Waals surface area contributed by atoms with Gasteiger partial charge in [0.05, 0.1) is 23.8 Å². The zero-order chi connectivity index (χ0) is 16.6. The van der Waals surface area contributed by atoms with E-state index >= 15 is 0 Å². The summed E-state index contributed by atoms with van der Waals surface area (Å²) in [6.07, 6.45) is -0.581. The second kappa shape index (κ2) is 5.74. The van der Waals surface area contributed by atoms with Crippen LogP contribution >= 0.6 is 0 Å². The molecule has 3 rings (SSSR count). The van der Waals surface area contributed by atoms with Gasteiger partial charge in [-0.25, -0.2) is 17.5 Å². The van der Waals surface area contributed by atoms with E-state index < -0.39 is 32.9 Å². The Bertz CT molecular complexity index is 906. The fourth-order valence-corrected chi connectivity index (χ4v) is 4.04. The van der Waals surface area contributed by atoms with Crippen LogP contribution in [-0.4, -0.2) is 19.6 Å². The van der Waals surface area contributed by atoms with Crippen LogP contribution in [0.1, 0.15) is 22.7 Å². The topological polar surface area (TPSA) is 90.2 Å². The van der Waals surface area contributed by atoms with Crippen LogP contribution in [0.4, 0.5) is 4.39 Å². The van der Waals surface area contributed by atoms with Crippen molar-refractivity contribution < 1.29 is 17.9 Å². The van der Waals surface area contributed by atoms with Gasteiger partial charge in [0.2, 0.25) is 10.0 Å². The quantitative estimate of drug-likeness (QED) is 0.894. The number of nitriles is 1. The van der Waals surface area contributed by atoms with Crippen LogP contribution in [0.25, 0.3) is 0 Å². The molecule has 0 aromatic heterocycles. The molecule has 0 amide bonds. The van der Waals surface area contributed by atoms with Gasteiger partial charge in [0, 0.05) is 6.42 Å². The maximum Gasteiger partial charge on any atom is 0.244 e. The highest BCUT2D eigenvalue weighted by Crippen LogP contribution is 2.32. The highest BCUT2D eigenvalue weighted by atomic mass is 32.2. The Morgan fingerprint density at radius 3 is 2.70 bits per heavy atom. The number of nitrogens with zero attached hydrogens (tertiary/aromatic N) is 1. The molecule has 23 heavy (non-hydrogen) atoms. The first-order valence-corrected chi connectivity index (χ1v) is 8.38. The summed E-state index contributed by atoms with van der Waals surface area (Å²) in [5.74, 6) is -1.00. The van der Waals surface area contributed by atoms with Crippen LogP contribution in [-0.2, 0) is 16.4 Å². The smallest absolute Gasteiger partial charge is 0.244 e. The largest absolute Gasteiger partial charge is 0.391 e. The zero-order valence-corrected chi connectivity index (χ0v) is 12.7. The molecule has 0 radical (unpaired) electrons. The molecule has 0 fully saturated rings. The Balaban J connectivity index is 1.95. The van der Waals surface area contributed by atoms with Gasteiger partial charge in [0.1, 0.15) is 10.7 Å². The summed E-state index contributed by atoms with van der Waals surface area (Å²) in [4.78, 5) is -0.548. The van der Waals surface area contributed by atoms with E-state index in [1.54, 1.807) is 18.2 Å². The van der Waals surface area contributed by atoms with Crippen LogP contribution in [0.2, 0.25) is 0 Å². The molecule has 1 aliphatic carbocycles. The number of hydrogen-bond donors (Lipinski definition) is 2. The van der Waals surface area contributed by atoms with E-state index in [9.17, 15) is 17.9 Å². The lowest BCUT2D eigenvalue weighted by atomic mass is 10.1. The molecule has 0 unspecified atom stereocenters. The maximum absolute atomic E-state index is 14.0. The number of fused-ring (bicyclic) bond motifs is 1. The molecule has 2 aromatic rings. The number of benzene rings is 2. The van der Waals surface area contributed by atoms with Crippen molar-refractivity contribution in [1.29, 1.82) is 5.26 Å². The summed E-state index contributed by atoms with van der Waals surface area (Å²) in [7, 11) is -4.17. The average Bonchev–Trinajstić information content (AvgIpc) is 2.82. The SMILES string of the molecule is N#Cc1ccc(S(=O)(=O)N[C@@H]2c3ccccc3C[C@@H]2O)c(F)c1. The third-order valence-corrected chi connectivity index (χ3v) is 5.31. The molecule has 0 saturated carbocycles. The number of sulfonamides is 1. The molecular weight excluding hydrogens is 319 g/mol. The van der Waals surface area contributed by atoms with E-state index in [0.29, 0.717) is 12.0 Å². The van der Waals surface area contributed by atoms with Gasteiger partial charge >= 0.3 is 0 Å². The molecule has 5 nitrogen and oxygen atoms in total. The normalized spacial score (nSPS) is 20.0. The van der Waals surface area contributed by atoms with Crippen molar-refractivity contribution in [3.8, 4) is 6.07 Å². The van der Waals surface area contributed by atoms with Crippen LogP contribution < -0.4 is 4.72 Å². The number of nitrogens with one attached hydrogen (secondary N) is 1. The van der Waals surface area contributed by atoms with E-state index in [1.165, 1.54) is 6.07 Å². The van der Waals surface area contributed by atoms with Gasteiger partial charge in [0.15, 0.2) is 0 Å². The van der Waals surface area contributed by atoms with Crippen LogP contribution in [0.3, 0.4) is 0 Å². The summed E-state index contributed by atoms with van der Waals surface area (Å²) >= 11 is 0. The predicted molar refractivity (Wildman–Crippen MR) is 80.3 cm³/mol. The standard InChI is InChI=1S/C16H13FN2O3S/c17-13-7-10(9-18)5-6-15(13)23(21,22)19-16-12-4-2-1-3-11(12)8-14(16)20/h1-7,14,16,19-20H,8H2/t14-,16+/m0/s1. The molecule has 0 heterocycles. The van der Waals surface area contributed by atoms with Crippen molar-refractivity contribution in [2.45, 2.75) is 23.5 Å². The molecule has 2 aromatic carbocycles. The van der Waals surface area contributed by atoms with Gasteiger partial charge in [-0.15, -0.1) is 0 Å². The van der Waals surface area contributed by atoms with Crippen molar-refractivity contribution in [3.05, 3.63) is 65.0 Å². The van der Waals surface area contributed by atoms with Gasteiger partial charge in [-0.2, -0.15) is 5.26 Å². The van der Waals surface area contributed by atoms with Gasteiger partial charge in [-0.05, 0) is 29.3 Å². The number of rotatable bonds is 3. The first-order chi connectivity index (χ1) is 10.9.